The maximum Gasteiger partial charge on any atom is 0.260 e. The molecule has 1 saturated carbocycles. The molecular formula is C16H19N3O3S. The summed E-state index contributed by atoms with van der Waals surface area (Å²) in [4.78, 5) is 4.29. The Kier molecular flexibility index (Phi) is 3.61. The summed E-state index contributed by atoms with van der Waals surface area (Å²) < 4.78 is 32.5. The fraction of sp³-hybridized carbons (Fsp3) is 0.438. The lowest BCUT2D eigenvalue weighted by Crippen LogP contribution is -2.37. The van der Waals surface area contributed by atoms with Crippen molar-refractivity contribution >= 4 is 15.8 Å². The molecule has 7 heteroatoms. The van der Waals surface area contributed by atoms with Crippen LogP contribution in [0.2, 0.25) is 0 Å². The van der Waals surface area contributed by atoms with Crippen molar-refractivity contribution in [2.45, 2.75) is 36.9 Å². The Labute approximate surface area is 135 Å². The molecule has 2 aliphatic rings. The first-order chi connectivity index (χ1) is 11.1. The number of anilines is 1. The first-order valence-corrected chi connectivity index (χ1v) is 9.34. The van der Waals surface area contributed by atoms with Gasteiger partial charge in [0.1, 0.15) is 11.6 Å². The minimum Gasteiger partial charge on any atom is -0.467 e. The van der Waals surface area contributed by atoms with Gasteiger partial charge in [-0.2, -0.15) is 4.31 Å². The summed E-state index contributed by atoms with van der Waals surface area (Å²) in [7, 11) is -3.51. The second kappa shape index (κ2) is 5.65. The SMILES string of the molecule is O=S(=O)(c1cccc(NCc2ccco2)n1)N1CCCC2CC21. The van der Waals surface area contributed by atoms with Crippen LogP contribution in [0.4, 0.5) is 5.82 Å². The highest BCUT2D eigenvalue weighted by molar-refractivity contribution is 7.89. The first-order valence-electron chi connectivity index (χ1n) is 7.90. The number of furan rings is 1. The van der Waals surface area contributed by atoms with E-state index in [1.54, 1.807) is 28.8 Å². The van der Waals surface area contributed by atoms with E-state index in [4.69, 9.17) is 4.42 Å². The molecule has 122 valence electrons. The van der Waals surface area contributed by atoms with Crippen molar-refractivity contribution < 1.29 is 12.8 Å². The molecular weight excluding hydrogens is 314 g/mol. The first kappa shape index (κ1) is 14.7. The Hall–Kier alpha value is -1.86. The van der Waals surface area contributed by atoms with Gasteiger partial charge < -0.3 is 9.73 Å². The van der Waals surface area contributed by atoms with Crippen molar-refractivity contribution in [3.8, 4) is 0 Å². The number of fused-ring (bicyclic) bond motifs is 1. The number of rotatable bonds is 5. The van der Waals surface area contributed by atoms with Crippen molar-refractivity contribution in [3.05, 3.63) is 42.4 Å². The molecule has 0 spiro atoms. The van der Waals surface area contributed by atoms with Crippen LogP contribution >= 0.6 is 0 Å². The Morgan fingerprint density at radius 2 is 2.22 bits per heavy atom. The highest BCUT2D eigenvalue weighted by Crippen LogP contribution is 2.45. The van der Waals surface area contributed by atoms with Crippen LogP contribution in [0.5, 0.6) is 0 Å². The predicted molar refractivity (Wildman–Crippen MR) is 85.3 cm³/mol. The summed E-state index contributed by atoms with van der Waals surface area (Å²) in [5, 5.41) is 3.22. The standard InChI is InChI=1S/C16H19N3O3S/c20-23(21,19-8-2-4-12-10-14(12)19)16-7-1-6-15(18-16)17-11-13-5-3-9-22-13/h1,3,5-7,9,12,14H,2,4,8,10-11H2,(H,17,18). The van der Waals surface area contributed by atoms with Gasteiger partial charge in [-0.15, -0.1) is 0 Å². The van der Waals surface area contributed by atoms with E-state index in [1.807, 2.05) is 12.1 Å². The summed E-state index contributed by atoms with van der Waals surface area (Å²) in [6.45, 7) is 1.08. The summed E-state index contributed by atoms with van der Waals surface area (Å²) in [6.07, 6.45) is 4.69. The fourth-order valence-corrected chi connectivity index (χ4v) is 4.92. The molecule has 2 fully saturated rings. The van der Waals surface area contributed by atoms with Crippen molar-refractivity contribution in [1.82, 2.24) is 9.29 Å². The van der Waals surface area contributed by atoms with Crippen molar-refractivity contribution in [3.63, 3.8) is 0 Å². The number of sulfonamides is 1. The van der Waals surface area contributed by atoms with E-state index >= 15 is 0 Å². The smallest absolute Gasteiger partial charge is 0.260 e. The number of hydrogen-bond acceptors (Lipinski definition) is 5. The summed E-state index contributed by atoms with van der Waals surface area (Å²) in [6, 6.07) is 8.91. The molecule has 6 nitrogen and oxygen atoms in total. The number of piperidine rings is 1. The molecule has 23 heavy (non-hydrogen) atoms. The fourth-order valence-electron chi connectivity index (χ4n) is 3.24. The largest absolute Gasteiger partial charge is 0.467 e. The lowest BCUT2D eigenvalue weighted by atomic mass is 10.2. The molecule has 4 rings (SSSR count). The van der Waals surface area contributed by atoms with E-state index < -0.39 is 10.0 Å². The predicted octanol–water partition coefficient (Wildman–Crippen LogP) is 2.46. The molecule has 1 aliphatic carbocycles. The Balaban J connectivity index is 1.53. The maximum atomic E-state index is 12.8. The number of pyridine rings is 1. The van der Waals surface area contributed by atoms with Crippen LogP contribution in [0, 0.1) is 5.92 Å². The molecule has 1 N–H and O–H groups in total. The van der Waals surface area contributed by atoms with Gasteiger partial charge in [0.15, 0.2) is 5.03 Å². The lowest BCUT2D eigenvalue weighted by Gasteiger charge is -2.25. The van der Waals surface area contributed by atoms with Gasteiger partial charge in [-0.05, 0) is 49.4 Å². The molecule has 0 aromatic carbocycles. The second-order valence-corrected chi connectivity index (χ2v) is 7.95. The highest BCUT2D eigenvalue weighted by Gasteiger charge is 2.49. The van der Waals surface area contributed by atoms with E-state index in [9.17, 15) is 8.42 Å². The third-order valence-corrected chi connectivity index (χ3v) is 6.36. The zero-order valence-corrected chi connectivity index (χ0v) is 13.5. The number of hydrogen-bond donors (Lipinski definition) is 1. The summed E-state index contributed by atoms with van der Waals surface area (Å²) >= 11 is 0. The van der Waals surface area contributed by atoms with Gasteiger partial charge in [-0.1, -0.05) is 6.07 Å². The van der Waals surface area contributed by atoms with Crippen LogP contribution in [0.15, 0.2) is 46.0 Å². The van der Waals surface area contributed by atoms with Gasteiger partial charge in [0, 0.05) is 12.6 Å². The molecule has 0 amide bonds. The van der Waals surface area contributed by atoms with E-state index in [1.165, 1.54) is 0 Å². The highest BCUT2D eigenvalue weighted by atomic mass is 32.2. The van der Waals surface area contributed by atoms with E-state index in [0.717, 1.165) is 25.0 Å². The Bertz CT molecular complexity index is 789. The molecule has 3 heterocycles. The molecule has 1 aliphatic heterocycles. The molecule has 1 saturated heterocycles. The van der Waals surface area contributed by atoms with Crippen molar-refractivity contribution in [2.75, 3.05) is 11.9 Å². The lowest BCUT2D eigenvalue weighted by molar-refractivity contribution is 0.333. The average Bonchev–Trinajstić information content (AvgIpc) is 3.18. The third-order valence-electron chi connectivity index (χ3n) is 4.53. The van der Waals surface area contributed by atoms with E-state index in [0.29, 0.717) is 24.8 Å². The van der Waals surface area contributed by atoms with Gasteiger partial charge in [0.05, 0.1) is 12.8 Å². The van der Waals surface area contributed by atoms with E-state index in [-0.39, 0.29) is 11.1 Å². The van der Waals surface area contributed by atoms with Gasteiger partial charge >= 0.3 is 0 Å². The van der Waals surface area contributed by atoms with Crippen LogP contribution in [0.1, 0.15) is 25.0 Å². The number of aromatic nitrogens is 1. The summed E-state index contributed by atoms with van der Waals surface area (Å²) in [5.74, 6) is 1.86. The van der Waals surface area contributed by atoms with Crippen LogP contribution in [-0.2, 0) is 16.6 Å². The van der Waals surface area contributed by atoms with Crippen molar-refractivity contribution in [2.24, 2.45) is 5.92 Å². The molecule has 2 aromatic heterocycles. The van der Waals surface area contributed by atoms with Gasteiger partial charge in [0.2, 0.25) is 0 Å². The Morgan fingerprint density at radius 1 is 1.30 bits per heavy atom. The van der Waals surface area contributed by atoms with Gasteiger partial charge in [0.25, 0.3) is 10.0 Å². The Morgan fingerprint density at radius 3 is 3.04 bits per heavy atom. The van der Waals surface area contributed by atoms with Crippen molar-refractivity contribution in [1.29, 1.82) is 0 Å². The summed E-state index contributed by atoms with van der Waals surface area (Å²) in [5.41, 5.74) is 0. The normalized spacial score (nSPS) is 24.2. The van der Waals surface area contributed by atoms with Crippen LogP contribution in [0.3, 0.4) is 0 Å². The van der Waals surface area contributed by atoms with Crippen LogP contribution in [0.25, 0.3) is 0 Å². The minimum atomic E-state index is -3.51. The zero-order chi connectivity index (χ0) is 15.9. The number of nitrogens with zero attached hydrogens (tertiary/aromatic N) is 2. The van der Waals surface area contributed by atoms with Gasteiger partial charge in [-0.3, -0.25) is 0 Å². The minimum absolute atomic E-state index is 0.120. The monoisotopic (exact) mass is 333 g/mol. The van der Waals surface area contributed by atoms with Gasteiger partial charge in [-0.25, -0.2) is 13.4 Å². The topological polar surface area (TPSA) is 75.4 Å². The molecule has 2 unspecified atom stereocenters. The third kappa shape index (κ3) is 2.86. The molecule has 2 aromatic rings. The zero-order valence-electron chi connectivity index (χ0n) is 12.7. The van der Waals surface area contributed by atoms with Crippen LogP contribution < -0.4 is 5.32 Å². The van der Waals surface area contributed by atoms with Crippen LogP contribution in [-0.4, -0.2) is 30.3 Å². The van der Waals surface area contributed by atoms with E-state index in [2.05, 4.69) is 10.3 Å². The quantitative estimate of drug-likeness (QED) is 0.910. The molecule has 2 atom stereocenters. The maximum absolute atomic E-state index is 12.8. The molecule has 0 bridgehead atoms. The average molecular weight is 333 g/mol. The second-order valence-electron chi connectivity index (χ2n) is 6.12. The molecule has 0 radical (unpaired) electrons. The number of nitrogens with one attached hydrogen (secondary N) is 1.